The normalized spacial score (nSPS) is 26.5. The van der Waals surface area contributed by atoms with Crippen molar-refractivity contribution < 1.29 is 9.21 Å². The Kier molecular flexibility index (Phi) is 4.13. The molecule has 4 atom stereocenters. The number of nitrogens with zero attached hydrogens (tertiary/aromatic N) is 1. The van der Waals surface area contributed by atoms with E-state index in [-0.39, 0.29) is 18.4 Å². The topological polar surface area (TPSA) is 55.1 Å². The van der Waals surface area contributed by atoms with Gasteiger partial charge in [0.1, 0.15) is 6.26 Å². The standard InChI is InChI=1S/C20H24N2O2/c1-13(18-10-14-7-8-16(18)9-14)21-19(23)11-17-12-24-20(22-17)15-5-3-2-4-6-15/h2-6,12-14,16,18H,7-11H2,1H3,(H,21,23)/t13-,14-,16-,18-/m0/s1. The van der Waals surface area contributed by atoms with Crippen molar-refractivity contribution in [3.63, 3.8) is 0 Å². The minimum Gasteiger partial charge on any atom is -0.444 e. The number of hydrogen-bond donors (Lipinski definition) is 1. The molecule has 0 unspecified atom stereocenters. The van der Waals surface area contributed by atoms with E-state index in [0.29, 0.717) is 17.5 Å². The van der Waals surface area contributed by atoms with Gasteiger partial charge in [-0.3, -0.25) is 4.79 Å². The van der Waals surface area contributed by atoms with E-state index in [0.717, 1.165) is 17.4 Å². The number of amides is 1. The number of aromatic nitrogens is 1. The van der Waals surface area contributed by atoms with E-state index in [1.807, 2.05) is 30.3 Å². The first-order valence-corrected chi connectivity index (χ1v) is 8.98. The summed E-state index contributed by atoms with van der Waals surface area (Å²) < 4.78 is 5.51. The van der Waals surface area contributed by atoms with Crippen LogP contribution in [0.2, 0.25) is 0 Å². The van der Waals surface area contributed by atoms with E-state index in [4.69, 9.17) is 4.42 Å². The van der Waals surface area contributed by atoms with Crippen molar-refractivity contribution in [2.75, 3.05) is 0 Å². The molecule has 2 fully saturated rings. The molecule has 4 heteroatoms. The number of oxazole rings is 1. The van der Waals surface area contributed by atoms with Gasteiger partial charge < -0.3 is 9.73 Å². The van der Waals surface area contributed by atoms with Crippen LogP contribution in [0.5, 0.6) is 0 Å². The summed E-state index contributed by atoms with van der Waals surface area (Å²) in [4.78, 5) is 16.8. The van der Waals surface area contributed by atoms with Gasteiger partial charge in [-0.1, -0.05) is 24.6 Å². The highest BCUT2D eigenvalue weighted by Gasteiger charge is 2.42. The number of fused-ring (bicyclic) bond motifs is 2. The van der Waals surface area contributed by atoms with Gasteiger partial charge in [0, 0.05) is 11.6 Å². The van der Waals surface area contributed by atoms with Crippen molar-refractivity contribution >= 4 is 5.91 Å². The zero-order valence-electron chi connectivity index (χ0n) is 14.1. The van der Waals surface area contributed by atoms with Gasteiger partial charge in [-0.15, -0.1) is 0 Å². The highest BCUT2D eigenvalue weighted by Crippen LogP contribution is 2.49. The van der Waals surface area contributed by atoms with Crippen LogP contribution in [0.3, 0.4) is 0 Å². The number of hydrogen-bond acceptors (Lipinski definition) is 3. The molecule has 2 aliphatic carbocycles. The summed E-state index contributed by atoms with van der Waals surface area (Å²) in [5.41, 5.74) is 1.62. The predicted octanol–water partition coefficient (Wildman–Crippen LogP) is 3.83. The highest BCUT2D eigenvalue weighted by molar-refractivity contribution is 5.78. The van der Waals surface area contributed by atoms with Crippen LogP contribution in [0, 0.1) is 17.8 Å². The van der Waals surface area contributed by atoms with Crippen LogP contribution < -0.4 is 5.32 Å². The molecule has 1 heterocycles. The number of carbonyl (C=O) groups excluding carboxylic acids is 1. The molecule has 1 N–H and O–H groups in total. The summed E-state index contributed by atoms with van der Waals surface area (Å²) in [6, 6.07) is 10.0. The fourth-order valence-electron chi connectivity index (χ4n) is 4.58. The second-order valence-corrected chi connectivity index (χ2v) is 7.38. The molecular formula is C20H24N2O2. The average Bonchev–Trinajstić information content (AvgIpc) is 3.32. The van der Waals surface area contributed by atoms with E-state index in [1.165, 1.54) is 25.7 Å². The van der Waals surface area contributed by atoms with Crippen LogP contribution >= 0.6 is 0 Å². The molecule has 4 nitrogen and oxygen atoms in total. The van der Waals surface area contributed by atoms with E-state index >= 15 is 0 Å². The SMILES string of the molecule is C[C@H](NC(=O)Cc1coc(-c2ccccc2)n1)[C@@H]1C[C@H]2CC[C@H]1C2. The molecule has 4 rings (SSSR count). The zero-order valence-corrected chi connectivity index (χ0v) is 14.1. The number of rotatable bonds is 5. The molecule has 2 saturated carbocycles. The Hall–Kier alpha value is -2.10. The maximum atomic E-state index is 12.3. The van der Waals surface area contributed by atoms with Gasteiger partial charge in [0.15, 0.2) is 0 Å². The van der Waals surface area contributed by atoms with E-state index in [2.05, 4.69) is 17.2 Å². The fraction of sp³-hybridized carbons (Fsp3) is 0.500. The van der Waals surface area contributed by atoms with E-state index in [1.54, 1.807) is 6.26 Å². The molecule has 2 bridgehead atoms. The summed E-state index contributed by atoms with van der Waals surface area (Å²) in [6.45, 7) is 2.15. The molecular weight excluding hydrogens is 300 g/mol. The Morgan fingerprint density at radius 2 is 2.12 bits per heavy atom. The van der Waals surface area contributed by atoms with E-state index < -0.39 is 0 Å². The average molecular weight is 324 g/mol. The minimum absolute atomic E-state index is 0.0400. The Morgan fingerprint density at radius 3 is 2.83 bits per heavy atom. The molecule has 0 aliphatic heterocycles. The van der Waals surface area contributed by atoms with Crippen molar-refractivity contribution in [1.82, 2.24) is 10.3 Å². The van der Waals surface area contributed by atoms with Crippen LogP contribution in [0.1, 0.15) is 38.3 Å². The Bertz CT molecular complexity index is 709. The quantitative estimate of drug-likeness (QED) is 0.909. The van der Waals surface area contributed by atoms with Gasteiger partial charge >= 0.3 is 0 Å². The zero-order chi connectivity index (χ0) is 16.5. The van der Waals surface area contributed by atoms with Gasteiger partial charge in [-0.2, -0.15) is 0 Å². The lowest BCUT2D eigenvalue weighted by Gasteiger charge is -2.28. The second-order valence-electron chi connectivity index (χ2n) is 7.38. The van der Waals surface area contributed by atoms with Gasteiger partial charge in [0.05, 0.1) is 12.1 Å². The van der Waals surface area contributed by atoms with Gasteiger partial charge in [0.2, 0.25) is 11.8 Å². The molecule has 0 spiro atoms. The first-order chi connectivity index (χ1) is 11.7. The van der Waals surface area contributed by atoms with Crippen LogP contribution in [-0.2, 0) is 11.2 Å². The Labute approximate surface area is 142 Å². The lowest BCUT2D eigenvalue weighted by molar-refractivity contribution is -0.121. The molecule has 2 aliphatic rings. The molecule has 1 aromatic heterocycles. The maximum absolute atomic E-state index is 12.3. The number of benzene rings is 1. The van der Waals surface area contributed by atoms with Crippen LogP contribution in [0.4, 0.5) is 0 Å². The van der Waals surface area contributed by atoms with Gasteiger partial charge in [-0.25, -0.2) is 4.98 Å². The Morgan fingerprint density at radius 1 is 1.29 bits per heavy atom. The third kappa shape index (κ3) is 3.10. The summed E-state index contributed by atoms with van der Waals surface area (Å²) in [7, 11) is 0. The van der Waals surface area contributed by atoms with Crippen LogP contribution in [0.15, 0.2) is 41.0 Å². The summed E-state index contributed by atoms with van der Waals surface area (Å²) in [5.74, 6) is 2.99. The molecule has 2 aromatic rings. The third-order valence-corrected chi connectivity index (χ3v) is 5.74. The van der Waals surface area contributed by atoms with Crippen molar-refractivity contribution in [3.8, 4) is 11.5 Å². The van der Waals surface area contributed by atoms with Crippen molar-refractivity contribution in [2.24, 2.45) is 17.8 Å². The van der Waals surface area contributed by atoms with Crippen LogP contribution in [-0.4, -0.2) is 16.9 Å². The minimum atomic E-state index is 0.0400. The first kappa shape index (κ1) is 15.4. The lowest BCUT2D eigenvalue weighted by atomic mass is 9.84. The first-order valence-electron chi connectivity index (χ1n) is 8.98. The van der Waals surface area contributed by atoms with Gasteiger partial charge in [-0.05, 0) is 56.1 Å². The number of nitrogens with one attached hydrogen (secondary N) is 1. The number of carbonyl (C=O) groups is 1. The monoisotopic (exact) mass is 324 g/mol. The van der Waals surface area contributed by atoms with Crippen molar-refractivity contribution in [3.05, 3.63) is 42.3 Å². The summed E-state index contributed by atoms with van der Waals surface area (Å²) >= 11 is 0. The maximum Gasteiger partial charge on any atom is 0.226 e. The Balaban J connectivity index is 1.34. The molecule has 24 heavy (non-hydrogen) atoms. The third-order valence-electron chi connectivity index (χ3n) is 5.74. The molecule has 126 valence electrons. The van der Waals surface area contributed by atoms with E-state index in [9.17, 15) is 4.79 Å². The smallest absolute Gasteiger partial charge is 0.226 e. The van der Waals surface area contributed by atoms with Crippen LogP contribution in [0.25, 0.3) is 11.5 Å². The lowest BCUT2D eigenvalue weighted by Crippen LogP contribution is -2.40. The van der Waals surface area contributed by atoms with Gasteiger partial charge in [0.25, 0.3) is 0 Å². The predicted molar refractivity (Wildman–Crippen MR) is 92.2 cm³/mol. The fourth-order valence-corrected chi connectivity index (χ4v) is 4.58. The van der Waals surface area contributed by atoms with Crippen molar-refractivity contribution in [2.45, 2.75) is 45.1 Å². The second kappa shape index (κ2) is 6.42. The highest BCUT2D eigenvalue weighted by atomic mass is 16.3. The largest absolute Gasteiger partial charge is 0.444 e. The molecule has 0 saturated heterocycles. The summed E-state index contributed by atoms with van der Waals surface area (Å²) in [6.07, 6.45) is 7.26. The summed E-state index contributed by atoms with van der Waals surface area (Å²) in [5, 5.41) is 3.18. The molecule has 1 amide bonds. The van der Waals surface area contributed by atoms with Crippen molar-refractivity contribution in [1.29, 1.82) is 0 Å². The molecule has 1 aromatic carbocycles. The molecule has 0 radical (unpaired) electrons.